The highest BCUT2D eigenvalue weighted by molar-refractivity contribution is 7.99. The first-order chi connectivity index (χ1) is 6.20. The molecule has 0 radical (unpaired) electrons. The Kier molecular flexibility index (Phi) is 8.61. The third kappa shape index (κ3) is 8.34. The average molecular weight is 202 g/mol. The molecule has 0 aliphatic carbocycles. The van der Waals surface area contributed by atoms with E-state index < -0.39 is 0 Å². The van der Waals surface area contributed by atoms with E-state index in [0.29, 0.717) is 6.04 Å². The first-order valence-corrected chi connectivity index (χ1v) is 6.01. The first kappa shape index (κ1) is 13.0. The molecule has 13 heavy (non-hydrogen) atoms. The molecule has 1 atom stereocenters. The predicted octanol–water partition coefficient (Wildman–Crippen LogP) is 1.62. The summed E-state index contributed by atoms with van der Waals surface area (Å²) in [5, 5.41) is 3.39. The van der Waals surface area contributed by atoms with Crippen LogP contribution in [-0.2, 0) is 0 Å². The molecule has 0 aromatic heterocycles. The van der Waals surface area contributed by atoms with Crippen molar-refractivity contribution in [3.05, 3.63) is 12.2 Å². The van der Waals surface area contributed by atoms with Crippen LogP contribution in [0, 0.1) is 0 Å². The fraction of sp³-hybridized carbons (Fsp3) is 0.800. The molecule has 0 rings (SSSR count). The van der Waals surface area contributed by atoms with Crippen molar-refractivity contribution in [3.8, 4) is 0 Å². The minimum absolute atomic E-state index is 0.454. The predicted molar refractivity (Wildman–Crippen MR) is 63.3 cm³/mol. The van der Waals surface area contributed by atoms with Crippen molar-refractivity contribution in [1.29, 1.82) is 0 Å². The molecule has 0 spiro atoms. The molecule has 0 aliphatic heterocycles. The molecule has 0 saturated heterocycles. The van der Waals surface area contributed by atoms with Crippen LogP contribution in [0.4, 0.5) is 0 Å². The van der Waals surface area contributed by atoms with Crippen molar-refractivity contribution in [1.82, 2.24) is 5.32 Å². The van der Waals surface area contributed by atoms with Crippen molar-refractivity contribution in [3.63, 3.8) is 0 Å². The highest BCUT2D eigenvalue weighted by atomic mass is 32.2. The zero-order chi connectivity index (χ0) is 10.1. The summed E-state index contributed by atoms with van der Waals surface area (Å²) in [4.78, 5) is 0. The lowest BCUT2D eigenvalue weighted by molar-refractivity contribution is 0.531. The fourth-order valence-corrected chi connectivity index (χ4v) is 1.73. The Hall–Kier alpha value is 0.0100. The summed E-state index contributed by atoms with van der Waals surface area (Å²) in [7, 11) is 0. The standard InChI is InChI=1S/C10H22N2S/c1-4-13-6-5-10(7-11)12-8-9(2)3/h10,12H,2,4-8,11H2,1,3H3. The second-order valence-electron chi connectivity index (χ2n) is 3.26. The van der Waals surface area contributed by atoms with Crippen LogP contribution in [0.1, 0.15) is 20.3 Å². The van der Waals surface area contributed by atoms with Crippen LogP contribution in [0.2, 0.25) is 0 Å². The quantitative estimate of drug-likeness (QED) is 0.464. The van der Waals surface area contributed by atoms with Gasteiger partial charge in [0.1, 0.15) is 0 Å². The van der Waals surface area contributed by atoms with Crippen LogP contribution >= 0.6 is 11.8 Å². The summed E-state index contributed by atoms with van der Waals surface area (Å²) in [5.41, 5.74) is 6.81. The molecule has 2 nitrogen and oxygen atoms in total. The van der Waals surface area contributed by atoms with Gasteiger partial charge in [0.25, 0.3) is 0 Å². The van der Waals surface area contributed by atoms with Crippen molar-refractivity contribution in [2.24, 2.45) is 5.73 Å². The Morgan fingerprint density at radius 2 is 2.31 bits per heavy atom. The summed E-state index contributed by atoms with van der Waals surface area (Å²) >= 11 is 1.97. The van der Waals surface area contributed by atoms with E-state index >= 15 is 0 Å². The summed E-state index contributed by atoms with van der Waals surface area (Å²) in [6.45, 7) is 9.67. The summed E-state index contributed by atoms with van der Waals surface area (Å²) in [5.74, 6) is 2.39. The smallest absolute Gasteiger partial charge is 0.0201 e. The van der Waals surface area contributed by atoms with E-state index in [4.69, 9.17) is 5.73 Å². The molecular formula is C10H22N2S. The Morgan fingerprint density at radius 3 is 2.77 bits per heavy atom. The summed E-state index contributed by atoms with van der Waals surface area (Å²) in [6.07, 6.45) is 1.16. The van der Waals surface area contributed by atoms with Crippen molar-refractivity contribution in [2.75, 3.05) is 24.6 Å². The van der Waals surface area contributed by atoms with Gasteiger partial charge < -0.3 is 11.1 Å². The molecule has 1 unspecified atom stereocenters. The van der Waals surface area contributed by atoms with Crippen LogP contribution in [0.25, 0.3) is 0 Å². The molecule has 0 amide bonds. The monoisotopic (exact) mass is 202 g/mol. The maximum absolute atomic E-state index is 5.64. The van der Waals surface area contributed by atoms with E-state index in [0.717, 1.165) is 19.5 Å². The highest BCUT2D eigenvalue weighted by Crippen LogP contribution is 2.03. The first-order valence-electron chi connectivity index (χ1n) is 4.86. The van der Waals surface area contributed by atoms with Gasteiger partial charge in [0.05, 0.1) is 0 Å². The number of hydrogen-bond donors (Lipinski definition) is 2. The van der Waals surface area contributed by atoms with E-state index in [-0.39, 0.29) is 0 Å². The molecule has 0 aromatic carbocycles. The number of thioether (sulfide) groups is 1. The molecule has 0 heterocycles. The van der Waals surface area contributed by atoms with Gasteiger partial charge in [0.2, 0.25) is 0 Å². The zero-order valence-electron chi connectivity index (χ0n) is 8.81. The largest absolute Gasteiger partial charge is 0.329 e. The lowest BCUT2D eigenvalue weighted by Crippen LogP contribution is -2.37. The molecule has 0 bridgehead atoms. The Morgan fingerprint density at radius 1 is 1.62 bits per heavy atom. The Bertz CT molecular complexity index is 137. The van der Waals surface area contributed by atoms with Crippen LogP contribution in [0.5, 0.6) is 0 Å². The average Bonchev–Trinajstić information content (AvgIpc) is 2.10. The van der Waals surface area contributed by atoms with E-state index in [2.05, 4.69) is 18.8 Å². The van der Waals surface area contributed by atoms with Gasteiger partial charge in [0, 0.05) is 19.1 Å². The van der Waals surface area contributed by atoms with Gasteiger partial charge in [-0.15, -0.1) is 0 Å². The van der Waals surface area contributed by atoms with Gasteiger partial charge in [-0.3, -0.25) is 0 Å². The van der Waals surface area contributed by atoms with Gasteiger partial charge in [0.15, 0.2) is 0 Å². The third-order valence-electron chi connectivity index (χ3n) is 1.79. The van der Waals surface area contributed by atoms with Crippen LogP contribution in [0.15, 0.2) is 12.2 Å². The number of rotatable bonds is 8. The molecule has 0 fully saturated rings. The molecular weight excluding hydrogens is 180 g/mol. The lowest BCUT2D eigenvalue weighted by atomic mass is 10.2. The summed E-state index contributed by atoms with van der Waals surface area (Å²) in [6, 6.07) is 0.454. The minimum Gasteiger partial charge on any atom is -0.329 e. The molecule has 0 aromatic rings. The highest BCUT2D eigenvalue weighted by Gasteiger charge is 2.04. The molecule has 3 N–H and O–H groups in total. The Labute approximate surface area is 86.3 Å². The van der Waals surface area contributed by atoms with Crippen LogP contribution in [-0.4, -0.2) is 30.6 Å². The van der Waals surface area contributed by atoms with Gasteiger partial charge in [-0.25, -0.2) is 0 Å². The second-order valence-corrected chi connectivity index (χ2v) is 4.65. The molecule has 0 aliphatic rings. The Balaban J connectivity index is 3.45. The maximum Gasteiger partial charge on any atom is 0.0201 e. The third-order valence-corrected chi connectivity index (χ3v) is 2.72. The van der Waals surface area contributed by atoms with Crippen LogP contribution < -0.4 is 11.1 Å². The van der Waals surface area contributed by atoms with E-state index in [1.54, 1.807) is 0 Å². The minimum atomic E-state index is 0.454. The SMILES string of the molecule is C=C(C)CNC(CN)CCSCC. The van der Waals surface area contributed by atoms with Gasteiger partial charge in [-0.2, -0.15) is 11.8 Å². The molecule has 3 heteroatoms. The molecule has 78 valence electrons. The zero-order valence-corrected chi connectivity index (χ0v) is 9.62. The number of hydrogen-bond acceptors (Lipinski definition) is 3. The lowest BCUT2D eigenvalue weighted by Gasteiger charge is -2.16. The maximum atomic E-state index is 5.64. The number of nitrogens with one attached hydrogen (secondary N) is 1. The van der Waals surface area contributed by atoms with Crippen LogP contribution in [0.3, 0.4) is 0 Å². The second kappa shape index (κ2) is 8.60. The van der Waals surface area contributed by atoms with E-state index in [9.17, 15) is 0 Å². The van der Waals surface area contributed by atoms with Crippen molar-refractivity contribution < 1.29 is 0 Å². The van der Waals surface area contributed by atoms with Gasteiger partial charge >= 0.3 is 0 Å². The van der Waals surface area contributed by atoms with E-state index in [1.807, 2.05) is 18.7 Å². The van der Waals surface area contributed by atoms with Crippen molar-refractivity contribution >= 4 is 11.8 Å². The summed E-state index contributed by atoms with van der Waals surface area (Å²) < 4.78 is 0. The fourth-order valence-electron chi connectivity index (χ4n) is 0.992. The van der Waals surface area contributed by atoms with Gasteiger partial charge in [-0.05, 0) is 24.9 Å². The van der Waals surface area contributed by atoms with Gasteiger partial charge in [-0.1, -0.05) is 19.1 Å². The number of nitrogens with two attached hydrogens (primary N) is 1. The normalized spacial score (nSPS) is 12.8. The van der Waals surface area contributed by atoms with E-state index in [1.165, 1.54) is 17.1 Å². The van der Waals surface area contributed by atoms with Crippen molar-refractivity contribution in [2.45, 2.75) is 26.3 Å². The topological polar surface area (TPSA) is 38.0 Å². The molecule has 0 saturated carbocycles.